The van der Waals surface area contributed by atoms with Crippen LogP contribution in [0.2, 0.25) is 5.02 Å². The summed E-state index contributed by atoms with van der Waals surface area (Å²) in [6, 6.07) is 3.29. The second kappa shape index (κ2) is 9.86. The number of carbonyl (C=O) groups is 1. The molecule has 0 aromatic heterocycles. The van der Waals surface area contributed by atoms with Gasteiger partial charge in [0.2, 0.25) is 0 Å². The van der Waals surface area contributed by atoms with Crippen LogP contribution in [0.4, 0.5) is 0 Å². The molecular weight excluding hydrogens is 342 g/mol. The lowest BCUT2D eigenvalue weighted by atomic mass is 10.2. The summed E-state index contributed by atoms with van der Waals surface area (Å²) < 4.78 is 15.0. The second-order valence-corrected chi connectivity index (χ2v) is 4.94. The zero-order chi connectivity index (χ0) is 17.2. The molecule has 9 heteroatoms. The summed E-state index contributed by atoms with van der Waals surface area (Å²) in [6.45, 7) is 2.36. The molecule has 0 unspecified atom stereocenters. The average Bonchev–Trinajstić information content (AvgIpc) is 2.53. The number of halogens is 1. The van der Waals surface area contributed by atoms with E-state index in [-0.39, 0.29) is 17.4 Å². The van der Waals surface area contributed by atoms with Gasteiger partial charge in [0, 0.05) is 6.54 Å². The molecule has 1 aromatic rings. The molecule has 0 atom stereocenters. The molecule has 126 valence electrons. The number of carbonyl (C=O) groups excluding carboxylic acids is 1. The van der Waals surface area contributed by atoms with Crippen molar-refractivity contribution >= 4 is 41.1 Å². The van der Waals surface area contributed by atoms with E-state index in [4.69, 9.17) is 33.3 Å². The Balaban J connectivity index is 2.84. The highest BCUT2D eigenvalue weighted by Gasteiger charge is 2.13. The van der Waals surface area contributed by atoms with Crippen LogP contribution in [0, 0.1) is 0 Å². The van der Waals surface area contributed by atoms with Crippen LogP contribution >= 0.6 is 23.8 Å². The van der Waals surface area contributed by atoms with E-state index in [0.717, 1.165) is 0 Å². The fourth-order valence-corrected chi connectivity index (χ4v) is 1.98. The molecule has 0 amide bonds. The molecule has 0 aliphatic carbocycles. The molecule has 0 fully saturated rings. The van der Waals surface area contributed by atoms with Crippen molar-refractivity contribution in [3.8, 4) is 11.5 Å². The molecule has 7 nitrogen and oxygen atoms in total. The Morgan fingerprint density at radius 1 is 1.43 bits per heavy atom. The minimum Gasteiger partial charge on any atom is -0.493 e. The quantitative estimate of drug-likeness (QED) is 0.332. The van der Waals surface area contributed by atoms with Gasteiger partial charge in [0.05, 0.1) is 25.5 Å². The molecule has 0 aliphatic rings. The number of nitrogens with zero attached hydrogens (tertiary/aromatic N) is 1. The van der Waals surface area contributed by atoms with E-state index in [2.05, 4.69) is 20.6 Å². The highest BCUT2D eigenvalue weighted by atomic mass is 35.5. The molecule has 23 heavy (non-hydrogen) atoms. The molecule has 0 saturated carbocycles. The monoisotopic (exact) mass is 359 g/mol. The van der Waals surface area contributed by atoms with Crippen LogP contribution in [-0.4, -0.2) is 44.7 Å². The van der Waals surface area contributed by atoms with E-state index in [9.17, 15) is 4.79 Å². The van der Waals surface area contributed by atoms with Gasteiger partial charge in [-0.25, -0.2) is 4.79 Å². The lowest BCUT2D eigenvalue weighted by Gasteiger charge is -2.12. The lowest BCUT2D eigenvalue weighted by Crippen LogP contribution is -2.31. The number of nitrogens with one attached hydrogen (secondary N) is 2. The van der Waals surface area contributed by atoms with Gasteiger partial charge in [0.1, 0.15) is 0 Å². The number of thiocarbonyl (C=S) groups is 1. The van der Waals surface area contributed by atoms with Crippen LogP contribution in [0.15, 0.2) is 17.2 Å². The number of hydrogen-bond acceptors (Lipinski definition) is 6. The zero-order valence-electron chi connectivity index (χ0n) is 13.0. The summed E-state index contributed by atoms with van der Waals surface area (Å²) >= 11 is 11.1. The molecule has 2 N–H and O–H groups in total. The third-order valence-corrected chi connectivity index (χ3v) is 3.05. The van der Waals surface area contributed by atoms with E-state index in [1.807, 2.05) is 6.92 Å². The van der Waals surface area contributed by atoms with Crippen molar-refractivity contribution in [2.24, 2.45) is 5.10 Å². The van der Waals surface area contributed by atoms with Gasteiger partial charge in [-0.2, -0.15) is 5.10 Å². The SMILES string of the molecule is CCNC(=S)N/N=C\c1cc(Cl)c(OCC(=O)OC)c(OC)c1. The number of rotatable bonds is 7. The van der Waals surface area contributed by atoms with Gasteiger partial charge in [-0.3, -0.25) is 5.43 Å². The molecule has 0 radical (unpaired) electrons. The van der Waals surface area contributed by atoms with Crippen LogP contribution in [0.25, 0.3) is 0 Å². The summed E-state index contributed by atoms with van der Waals surface area (Å²) in [7, 11) is 2.74. The van der Waals surface area contributed by atoms with E-state index in [0.29, 0.717) is 23.0 Å². The average molecular weight is 360 g/mol. The molecule has 0 saturated heterocycles. The largest absolute Gasteiger partial charge is 0.493 e. The standard InChI is InChI=1S/C14H18ClN3O4S/c1-4-16-14(23)18-17-7-9-5-10(15)13(11(6-9)20-2)22-8-12(19)21-3/h5-7H,4,8H2,1-3H3,(H2,16,18,23)/b17-7-. The predicted octanol–water partition coefficient (Wildman–Crippen LogP) is 1.72. The molecule has 0 spiro atoms. The molecule has 0 bridgehead atoms. The zero-order valence-corrected chi connectivity index (χ0v) is 14.6. The molecule has 1 rings (SSSR count). The van der Waals surface area contributed by atoms with Gasteiger partial charge in [-0.15, -0.1) is 0 Å². The molecule has 0 heterocycles. The van der Waals surface area contributed by atoms with E-state index < -0.39 is 5.97 Å². The van der Waals surface area contributed by atoms with Gasteiger partial charge in [-0.05, 0) is 36.8 Å². The number of methoxy groups -OCH3 is 2. The van der Waals surface area contributed by atoms with Crippen LogP contribution in [0.5, 0.6) is 11.5 Å². The third-order valence-electron chi connectivity index (χ3n) is 2.53. The van der Waals surface area contributed by atoms with Gasteiger partial charge >= 0.3 is 5.97 Å². The van der Waals surface area contributed by atoms with Gasteiger partial charge in [0.15, 0.2) is 23.2 Å². The Kier molecular flexibility index (Phi) is 8.14. The maximum atomic E-state index is 11.1. The Hall–Kier alpha value is -2.06. The molecule has 0 aliphatic heterocycles. The van der Waals surface area contributed by atoms with Crippen molar-refractivity contribution in [1.82, 2.24) is 10.7 Å². The minimum absolute atomic E-state index is 0.257. The third kappa shape index (κ3) is 6.29. The van der Waals surface area contributed by atoms with Crippen LogP contribution in [0.3, 0.4) is 0 Å². The van der Waals surface area contributed by atoms with Crippen molar-refractivity contribution < 1.29 is 19.0 Å². The van der Waals surface area contributed by atoms with Crippen LogP contribution in [0.1, 0.15) is 12.5 Å². The number of ether oxygens (including phenoxy) is 3. The van der Waals surface area contributed by atoms with Crippen molar-refractivity contribution in [1.29, 1.82) is 0 Å². The summed E-state index contributed by atoms with van der Waals surface area (Å²) in [5.74, 6) is 0.111. The Morgan fingerprint density at radius 2 is 2.17 bits per heavy atom. The topological polar surface area (TPSA) is 81.2 Å². The molecule has 1 aromatic carbocycles. The number of hydrogen-bond donors (Lipinski definition) is 2. The van der Waals surface area contributed by atoms with Crippen molar-refractivity contribution in [2.75, 3.05) is 27.4 Å². The highest BCUT2D eigenvalue weighted by Crippen LogP contribution is 2.36. The summed E-state index contributed by atoms with van der Waals surface area (Å²) in [5, 5.41) is 7.58. The van der Waals surface area contributed by atoms with E-state index in [1.165, 1.54) is 20.4 Å². The van der Waals surface area contributed by atoms with Crippen molar-refractivity contribution in [3.05, 3.63) is 22.7 Å². The van der Waals surface area contributed by atoms with Crippen LogP contribution in [-0.2, 0) is 9.53 Å². The first-order valence-corrected chi connectivity index (χ1v) is 7.44. The first-order valence-electron chi connectivity index (χ1n) is 6.65. The van der Waals surface area contributed by atoms with Gasteiger partial charge in [0.25, 0.3) is 0 Å². The van der Waals surface area contributed by atoms with Crippen molar-refractivity contribution in [2.45, 2.75) is 6.92 Å². The maximum absolute atomic E-state index is 11.1. The normalized spacial score (nSPS) is 10.3. The van der Waals surface area contributed by atoms with Crippen molar-refractivity contribution in [3.63, 3.8) is 0 Å². The Labute approximate surface area is 144 Å². The van der Waals surface area contributed by atoms with Gasteiger partial charge in [-0.1, -0.05) is 11.6 Å². The van der Waals surface area contributed by atoms with E-state index >= 15 is 0 Å². The lowest BCUT2D eigenvalue weighted by molar-refractivity contribution is -0.142. The van der Waals surface area contributed by atoms with E-state index in [1.54, 1.807) is 12.1 Å². The summed E-state index contributed by atoms with van der Waals surface area (Å²) in [5.41, 5.74) is 3.34. The number of hydrazone groups is 1. The minimum atomic E-state index is -0.519. The predicted molar refractivity (Wildman–Crippen MR) is 92.5 cm³/mol. The first-order chi connectivity index (χ1) is 11.0. The molecular formula is C14H18ClN3O4S. The first kappa shape index (κ1) is 19.0. The Morgan fingerprint density at radius 3 is 2.78 bits per heavy atom. The number of esters is 1. The smallest absolute Gasteiger partial charge is 0.343 e. The Bertz CT molecular complexity index is 596. The number of benzene rings is 1. The van der Waals surface area contributed by atoms with Crippen LogP contribution < -0.4 is 20.2 Å². The highest BCUT2D eigenvalue weighted by molar-refractivity contribution is 7.80. The summed E-state index contributed by atoms with van der Waals surface area (Å²) in [4.78, 5) is 11.1. The fourth-order valence-electron chi connectivity index (χ4n) is 1.51. The fraction of sp³-hybridized carbons (Fsp3) is 0.357. The second-order valence-electron chi connectivity index (χ2n) is 4.13. The van der Waals surface area contributed by atoms with Gasteiger partial charge < -0.3 is 19.5 Å². The maximum Gasteiger partial charge on any atom is 0.343 e. The summed E-state index contributed by atoms with van der Waals surface area (Å²) in [6.07, 6.45) is 1.53.